The third kappa shape index (κ3) is 5.15. The molecule has 0 bridgehead atoms. The molecule has 10 nitrogen and oxygen atoms in total. The van der Waals surface area contributed by atoms with Crippen LogP contribution in [0.25, 0.3) is 11.2 Å². The van der Waals surface area contributed by atoms with Crippen molar-refractivity contribution in [2.75, 3.05) is 26.0 Å². The first-order valence-corrected chi connectivity index (χ1v) is 7.56. The normalized spacial score (nSPS) is 12.2. The van der Waals surface area contributed by atoms with Crippen molar-refractivity contribution in [1.29, 1.82) is 0 Å². The van der Waals surface area contributed by atoms with Gasteiger partial charge in [-0.05, 0) is 13.0 Å². The van der Waals surface area contributed by atoms with Gasteiger partial charge in [-0.2, -0.15) is 4.98 Å². The van der Waals surface area contributed by atoms with Gasteiger partial charge in [-0.15, -0.1) is 12.4 Å². The number of anilines is 1. The molecule has 11 heteroatoms. The van der Waals surface area contributed by atoms with Crippen LogP contribution in [0.3, 0.4) is 0 Å². The monoisotopic (exact) mass is 374 g/mol. The van der Waals surface area contributed by atoms with E-state index in [9.17, 15) is 9.59 Å². The van der Waals surface area contributed by atoms with Crippen LogP contribution < -0.4 is 16.6 Å². The number of halogens is 1. The van der Waals surface area contributed by atoms with Gasteiger partial charge >= 0.3 is 5.97 Å². The molecule has 2 rings (SSSR count). The summed E-state index contributed by atoms with van der Waals surface area (Å²) in [4.78, 5) is 33.9. The van der Waals surface area contributed by atoms with Crippen molar-refractivity contribution in [3.05, 3.63) is 16.7 Å². The van der Waals surface area contributed by atoms with Crippen molar-refractivity contribution in [2.24, 2.45) is 5.92 Å². The highest BCUT2D eigenvalue weighted by Gasteiger charge is 2.21. The van der Waals surface area contributed by atoms with E-state index in [1.54, 1.807) is 11.6 Å². The Kier molecular flexibility index (Phi) is 7.81. The van der Waals surface area contributed by atoms with E-state index in [0.717, 1.165) is 0 Å². The molecule has 2 heterocycles. The number of rotatable bonds is 8. The van der Waals surface area contributed by atoms with Crippen LogP contribution in [0, 0.1) is 5.92 Å². The van der Waals surface area contributed by atoms with Crippen molar-refractivity contribution in [1.82, 2.24) is 24.8 Å². The third-order valence-corrected chi connectivity index (χ3v) is 3.43. The Morgan fingerprint density at radius 1 is 1.44 bits per heavy atom. The molecule has 0 fully saturated rings. The van der Waals surface area contributed by atoms with E-state index in [1.807, 2.05) is 13.8 Å². The number of fused-ring (bicyclic) bond motifs is 1. The summed E-state index contributed by atoms with van der Waals surface area (Å²) in [6, 6.07) is -0.346. The molecule has 1 unspecified atom stereocenters. The Morgan fingerprint density at radius 2 is 2.16 bits per heavy atom. The average molecular weight is 375 g/mol. The highest BCUT2D eigenvalue weighted by molar-refractivity contribution is 5.85. The Morgan fingerprint density at radius 3 is 2.80 bits per heavy atom. The van der Waals surface area contributed by atoms with Crippen LogP contribution >= 0.6 is 12.4 Å². The van der Waals surface area contributed by atoms with Crippen LogP contribution in [0.1, 0.15) is 13.8 Å². The van der Waals surface area contributed by atoms with E-state index in [1.165, 1.54) is 6.33 Å². The molecular formula is C14H23ClN6O4. The van der Waals surface area contributed by atoms with Crippen molar-refractivity contribution >= 4 is 35.5 Å². The van der Waals surface area contributed by atoms with Gasteiger partial charge in [-0.1, -0.05) is 13.8 Å². The van der Waals surface area contributed by atoms with Crippen LogP contribution in [0.4, 0.5) is 5.95 Å². The third-order valence-electron chi connectivity index (χ3n) is 3.43. The molecule has 0 spiro atoms. The lowest BCUT2D eigenvalue weighted by atomic mass is 10.1. The van der Waals surface area contributed by atoms with Gasteiger partial charge in [-0.25, -0.2) is 4.98 Å². The van der Waals surface area contributed by atoms with E-state index in [2.05, 4.69) is 20.3 Å². The minimum absolute atomic E-state index is 0. The smallest absolute Gasteiger partial charge is 0.323 e. The standard InChI is InChI=1S/C14H22N6O4.ClH/c1-8(2)9(16-3)13(22)24-5-4-23-7-20-6-17-10-11(20)18-14(15)19-12(10)21;/h6,8-9,16H,4-5,7H2,1-3H3,(H3,15,18,19,21);1H. The SMILES string of the molecule is CNC(C(=O)OCCOCn1cnc2c(=O)[nH]c(N)nc21)C(C)C.Cl. The van der Waals surface area contributed by atoms with E-state index >= 15 is 0 Å². The molecule has 1 atom stereocenters. The number of nitrogens with one attached hydrogen (secondary N) is 2. The molecule has 0 aliphatic rings. The number of hydrogen-bond donors (Lipinski definition) is 3. The number of aromatic amines is 1. The molecule has 0 aliphatic heterocycles. The fraction of sp³-hybridized carbons (Fsp3) is 0.571. The predicted octanol–water partition coefficient (Wildman–Crippen LogP) is -0.115. The Hall–Kier alpha value is -2.17. The van der Waals surface area contributed by atoms with Gasteiger partial charge in [0.05, 0.1) is 12.9 Å². The van der Waals surface area contributed by atoms with Crippen LogP contribution in [-0.2, 0) is 21.0 Å². The molecular weight excluding hydrogens is 352 g/mol. The molecule has 4 N–H and O–H groups in total. The fourth-order valence-corrected chi connectivity index (χ4v) is 2.24. The number of carbonyl (C=O) groups is 1. The van der Waals surface area contributed by atoms with Crippen molar-refractivity contribution in [3.63, 3.8) is 0 Å². The quantitative estimate of drug-likeness (QED) is 0.429. The zero-order chi connectivity index (χ0) is 17.7. The number of likely N-dealkylation sites (N-methyl/N-ethyl adjacent to an activating group) is 1. The summed E-state index contributed by atoms with van der Waals surface area (Å²) in [5.74, 6) is -0.171. The molecule has 0 aromatic carbocycles. The number of ether oxygens (including phenoxy) is 2. The summed E-state index contributed by atoms with van der Waals surface area (Å²) in [5.41, 5.74) is 5.64. The van der Waals surface area contributed by atoms with E-state index < -0.39 is 5.56 Å². The topological polar surface area (TPSA) is 137 Å². The highest BCUT2D eigenvalue weighted by atomic mass is 35.5. The predicted molar refractivity (Wildman–Crippen MR) is 94.4 cm³/mol. The molecule has 2 aromatic rings. The van der Waals surface area contributed by atoms with Crippen LogP contribution in [0.15, 0.2) is 11.1 Å². The van der Waals surface area contributed by atoms with Gasteiger partial charge in [0.25, 0.3) is 5.56 Å². The summed E-state index contributed by atoms with van der Waals surface area (Å²) in [6.45, 7) is 4.32. The maximum absolute atomic E-state index is 11.8. The second-order valence-electron chi connectivity index (χ2n) is 5.55. The van der Waals surface area contributed by atoms with Crippen molar-refractivity contribution in [3.8, 4) is 0 Å². The number of carbonyl (C=O) groups excluding carboxylic acids is 1. The lowest BCUT2D eigenvalue weighted by Gasteiger charge is -2.18. The molecule has 0 aliphatic carbocycles. The number of hydrogen-bond acceptors (Lipinski definition) is 8. The van der Waals surface area contributed by atoms with E-state index in [-0.39, 0.29) is 61.7 Å². The van der Waals surface area contributed by atoms with Crippen LogP contribution in [-0.4, -0.2) is 51.8 Å². The zero-order valence-corrected chi connectivity index (χ0v) is 15.1. The number of nitrogens with zero attached hydrogens (tertiary/aromatic N) is 3. The number of aromatic nitrogens is 4. The lowest BCUT2D eigenvalue weighted by Crippen LogP contribution is -2.40. The van der Waals surface area contributed by atoms with Gasteiger partial charge in [0, 0.05) is 0 Å². The van der Waals surface area contributed by atoms with Crippen LogP contribution in [0.5, 0.6) is 0 Å². The molecule has 2 aromatic heterocycles. The second kappa shape index (κ2) is 9.35. The summed E-state index contributed by atoms with van der Waals surface area (Å²) in [7, 11) is 1.72. The van der Waals surface area contributed by atoms with E-state index in [0.29, 0.717) is 5.65 Å². The van der Waals surface area contributed by atoms with Gasteiger partial charge in [0.15, 0.2) is 11.2 Å². The summed E-state index contributed by atoms with van der Waals surface area (Å²) < 4.78 is 12.1. The number of H-pyrrole nitrogens is 1. The number of imidazole rings is 1. The van der Waals surface area contributed by atoms with Gasteiger partial charge in [0.2, 0.25) is 5.95 Å². The van der Waals surface area contributed by atoms with Crippen molar-refractivity contribution < 1.29 is 14.3 Å². The first-order valence-electron chi connectivity index (χ1n) is 7.56. The Bertz CT molecular complexity index is 759. The van der Waals surface area contributed by atoms with Gasteiger partial charge in [0.1, 0.15) is 19.4 Å². The summed E-state index contributed by atoms with van der Waals surface area (Å²) in [5, 5.41) is 2.91. The summed E-state index contributed by atoms with van der Waals surface area (Å²) >= 11 is 0. The largest absolute Gasteiger partial charge is 0.462 e. The minimum Gasteiger partial charge on any atom is -0.462 e. The highest BCUT2D eigenvalue weighted by Crippen LogP contribution is 2.06. The average Bonchev–Trinajstić information content (AvgIpc) is 2.90. The second-order valence-corrected chi connectivity index (χ2v) is 5.55. The first kappa shape index (κ1) is 20.9. The number of esters is 1. The lowest BCUT2D eigenvalue weighted by molar-refractivity contribution is -0.149. The van der Waals surface area contributed by atoms with Crippen molar-refractivity contribution in [2.45, 2.75) is 26.6 Å². The number of nitrogens with two attached hydrogens (primary N) is 1. The Balaban J connectivity index is 0.00000312. The van der Waals surface area contributed by atoms with E-state index in [4.69, 9.17) is 15.2 Å². The maximum Gasteiger partial charge on any atom is 0.323 e. The fourth-order valence-electron chi connectivity index (χ4n) is 2.24. The molecule has 0 radical (unpaired) electrons. The molecule has 25 heavy (non-hydrogen) atoms. The van der Waals surface area contributed by atoms with Gasteiger partial charge in [-0.3, -0.25) is 19.1 Å². The van der Waals surface area contributed by atoms with Gasteiger partial charge < -0.3 is 20.5 Å². The molecule has 0 amide bonds. The zero-order valence-electron chi connectivity index (χ0n) is 14.3. The molecule has 140 valence electrons. The molecule has 0 saturated carbocycles. The first-order chi connectivity index (χ1) is 11.4. The minimum atomic E-state index is -0.406. The maximum atomic E-state index is 11.8. The Labute approximate surface area is 150 Å². The molecule has 0 saturated heterocycles. The summed E-state index contributed by atoms with van der Waals surface area (Å²) in [6.07, 6.45) is 1.44. The number of nitrogen functional groups attached to an aromatic ring is 1. The van der Waals surface area contributed by atoms with Crippen LogP contribution in [0.2, 0.25) is 0 Å².